The molecule has 1 N–H and O–H groups in total. The van der Waals surface area contributed by atoms with Crippen LogP contribution in [0.1, 0.15) is 12.0 Å². The third-order valence-corrected chi connectivity index (χ3v) is 5.81. The summed E-state index contributed by atoms with van der Waals surface area (Å²) in [6, 6.07) is 15.8. The van der Waals surface area contributed by atoms with Crippen LogP contribution in [-0.4, -0.2) is 56.5 Å². The second-order valence-corrected chi connectivity index (χ2v) is 8.07. The van der Waals surface area contributed by atoms with E-state index in [2.05, 4.69) is 34.3 Å². The molecule has 2 aromatic rings. The number of carbonyl (C=O) groups excluding carboxylic acids is 2. The molecule has 152 valence electrons. The number of hydrogen-bond donors (Lipinski definition) is 1. The Morgan fingerprint density at radius 2 is 1.69 bits per heavy atom. The number of nitrogens with one attached hydrogen (secondary N) is 1. The Hall–Kier alpha value is -2.86. The monoisotopic (exact) mass is 392 g/mol. The van der Waals surface area contributed by atoms with Gasteiger partial charge in [0.2, 0.25) is 11.8 Å². The molecule has 2 saturated heterocycles. The van der Waals surface area contributed by atoms with E-state index in [1.54, 1.807) is 4.90 Å². The van der Waals surface area contributed by atoms with Crippen molar-refractivity contribution in [3.8, 4) is 0 Å². The summed E-state index contributed by atoms with van der Waals surface area (Å²) in [6.45, 7) is 6.56. The van der Waals surface area contributed by atoms with Gasteiger partial charge in [0.1, 0.15) is 0 Å². The van der Waals surface area contributed by atoms with Gasteiger partial charge >= 0.3 is 0 Å². The van der Waals surface area contributed by atoms with Gasteiger partial charge in [-0.3, -0.25) is 9.59 Å². The van der Waals surface area contributed by atoms with Crippen molar-refractivity contribution in [2.24, 2.45) is 5.92 Å². The molecule has 2 heterocycles. The van der Waals surface area contributed by atoms with Crippen LogP contribution in [0, 0.1) is 12.8 Å². The van der Waals surface area contributed by atoms with Gasteiger partial charge in [-0.1, -0.05) is 12.1 Å². The number of anilines is 3. The van der Waals surface area contributed by atoms with E-state index < -0.39 is 0 Å². The molecule has 2 aliphatic rings. The minimum absolute atomic E-state index is 0.00161. The molecule has 4 rings (SSSR count). The molecular weight excluding hydrogens is 364 g/mol. The number of rotatable bonds is 4. The second-order valence-electron chi connectivity index (χ2n) is 8.07. The summed E-state index contributed by atoms with van der Waals surface area (Å²) in [5, 5.41) is 2.94. The number of likely N-dealkylation sites (N-methyl/N-ethyl adjacent to an activating group) is 1. The van der Waals surface area contributed by atoms with E-state index >= 15 is 0 Å². The van der Waals surface area contributed by atoms with Crippen molar-refractivity contribution in [1.29, 1.82) is 0 Å². The number of piperazine rings is 1. The van der Waals surface area contributed by atoms with Gasteiger partial charge in [0.05, 0.1) is 5.92 Å². The number of amides is 2. The molecule has 29 heavy (non-hydrogen) atoms. The fraction of sp³-hybridized carbons (Fsp3) is 0.391. The van der Waals surface area contributed by atoms with Crippen LogP contribution in [0.3, 0.4) is 0 Å². The highest BCUT2D eigenvalue weighted by Crippen LogP contribution is 2.28. The molecule has 0 bridgehead atoms. The normalized spacial score (nSPS) is 20.2. The van der Waals surface area contributed by atoms with Crippen LogP contribution in [0.25, 0.3) is 0 Å². The lowest BCUT2D eigenvalue weighted by Crippen LogP contribution is -2.44. The Kier molecular flexibility index (Phi) is 5.53. The maximum absolute atomic E-state index is 12.6. The first-order valence-electron chi connectivity index (χ1n) is 10.2. The highest BCUT2D eigenvalue weighted by molar-refractivity contribution is 6.03. The van der Waals surface area contributed by atoms with Crippen LogP contribution in [0.4, 0.5) is 17.1 Å². The molecule has 1 atom stereocenters. The molecular formula is C23H28N4O2. The predicted octanol–water partition coefficient (Wildman–Crippen LogP) is 2.74. The maximum Gasteiger partial charge on any atom is 0.229 e. The zero-order valence-electron chi connectivity index (χ0n) is 17.1. The van der Waals surface area contributed by atoms with Gasteiger partial charge in [0, 0.05) is 56.2 Å². The topological polar surface area (TPSA) is 55.9 Å². The van der Waals surface area contributed by atoms with Crippen molar-refractivity contribution in [3.63, 3.8) is 0 Å². The van der Waals surface area contributed by atoms with Crippen LogP contribution in [0.2, 0.25) is 0 Å². The van der Waals surface area contributed by atoms with E-state index in [0.717, 1.165) is 43.1 Å². The molecule has 2 amide bonds. The van der Waals surface area contributed by atoms with E-state index in [1.165, 1.54) is 5.69 Å². The van der Waals surface area contributed by atoms with Gasteiger partial charge < -0.3 is 20.0 Å². The largest absolute Gasteiger partial charge is 0.369 e. The Morgan fingerprint density at radius 1 is 1.00 bits per heavy atom. The summed E-state index contributed by atoms with van der Waals surface area (Å²) in [5.74, 6) is -0.428. The molecule has 2 aliphatic heterocycles. The van der Waals surface area contributed by atoms with E-state index in [9.17, 15) is 9.59 Å². The lowest BCUT2D eigenvalue weighted by molar-refractivity contribution is -0.122. The number of benzene rings is 2. The SMILES string of the molecule is Cc1cccc(NC(=O)C2CC(=O)N(c3ccc(N4CCN(C)CC4)cc3)C2)c1. The maximum atomic E-state index is 12.6. The molecule has 2 fully saturated rings. The third-order valence-electron chi connectivity index (χ3n) is 5.81. The van der Waals surface area contributed by atoms with Gasteiger partial charge in [-0.25, -0.2) is 0 Å². The molecule has 6 heteroatoms. The third kappa shape index (κ3) is 4.43. The molecule has 0 aliphatic carbocycles. The van der Waals surface area contributed by atoms with Crippen molar-refractivity contribution < 1.29 is 9.59 Å². The van der Waals surface area contributed by atoms with Crippen LogP contribution < -0.4 is 15.1 Å². The average Bonchev–Trinajstić information content (AvgIpc) is 3.11. The number of hydrogen-bond acceptors (Lipinski definition) is 4. The summed E-state index contributed by atoms with van der Waals surface area (Å²) >= 11 is 0. The first kappa shape index (κ1) is 19.5. The van der Waals surface area contributed by atoms with Crippen LogP contribution in [-0.2, 0) is 9.59 Å². The highest BCUT2D eigenvalue weighted by Gasteiger charge is 2.35. The minimum Gasteiger partial charge on any atom is -0.369 e. The number of nitrogens with zero attached hydrogens (tertiary/aromatic N) is 3. The smallest absolute Gasteiger partial charge is 0.229 e. The molecule has 0 saturated carbocycles. The molecule has 0 radical (unpaired) electrons. The van der Waals surface area contributed by atoms with Crippen LogP contribution in [0.5, 0.6) is 0 Å². The standard InChI is InChI=1S/C23H28N4O2/c1-17-4-3-5-19(14-17)24-23(29)18-15-22(28)27(16-18)21-8-6-20(7-9-21)26-12-10-25(2)11-13-26/h3-9,14,18H,10-13,15-16H2,1-2H3,(H,24,29). The lowest BCUT2D eigenvalue weighted by Gasteiger charge is -2.34. The quantitative estimate of drug-likeness (QED) is 0.869. The Balaban J connectivity index is 1.39. The van der Waals surface area contributed by atoms with Gasteiger partial charge in [-0.2, -0.15) is 0 Å². The Morgan fingerprint density at radius 3 is 2.38 bits per heavy atom. The summed E-state index contributed by atoms with van der Waals surface area (Å²) in [5.41, 5.74) is 3.91. The summed E-state index contributed by atoms with van der Waals surface area (Å²) in [6.07, 6.45) is 0.248. The minimum atomic E-state index is -0.333. The van der Waals surface area contributed by atoms with Gasteiger partial charge in [0.25, 0.3) is 0 Å². The zero-order valence-corrected chi connectivity index (χ0v) is 17.1. The van der Waals surface area contributed by atoms with E-state index in [1.807, 2.05) is 43.3 Å². The molecule has 2 aromatic carbocycles. The summed E-state index contributed by atoms with van der Waals surface area (Å²) in [4.78, 5) is 31.6. The average molecular weight is 393 g/mol. The fourth-order valence-electron chi connectivity index (χ4n) is 4.01. The first-order valence-corrected chi connectivity index (χ1v) is 10.2. The van der Waals surface area contributed by atoms with Crippen LogP contribution in [0.15, 0.2) is 48.5 Å². The van der Waals surface area contributed by atoms with Crippen molar-refractivity contribution in [1.82, 2.24) is 4.90 Å². The molecule has 0 spiro atoms. The molecule has 1 unspecified atom stereocenters. The number of carbonyl (C=O) groups is 2. The Bertz CT molecular complexity index is 888. The fourth-order valence-corrected chi connectivity index (χ4v) is 4.01. The van der Waals surface area contributed by atoms with E-state index in [0.29, 0.717) is 6.54 Å². The second kappa shape index (κ2) is 8.25. The van der Waals surface area contributed by atoms with Gasteiger partial charge in [-0.05, 0) is 55.9 Å². The van der Waals surface area contributed by atoms with Gasteiger partial charge in [-0.15, -0.1) is 0 Å². The summed E-state index contributed by atoms with van der Waals surface area (Å²) < 4.78 is 0. The van der Waals surface area contributed by atoms with Crippen LogP contribution >= 0.6 is 0 Å². The summed E-state index contributed by atoms with van der Waals surface area (Å²) in [7, 11) is 2.14. The van der Waals surface area contributed by atoms with E-state index in [-0.39, 0.29) is 24.2 Å². The van der Waals surface area contributed by atoms with Crippen molar-refractivity contribution in [2.45, 2.75) is 13.3 Å². The predicted molar refractivity (Wildman–Crippen MR) is 116 cm³/mol. The Labute approximate surface area is 172 Å². The van der Waals surface area contributed by atoms with Crippen molar-refractivity contribution >= 4 is 28.9 Å². The number of aryl methyl sites for hydroxylation is 1. The van der Waals surface area contributed by atoms with Crippen molar-refractivity contribution in [2.75, 3.05) is 54.9 Å². The molecule has 6 nitrogen and oxygen atoms in total. The van der Waals surface area contributed by atoms with Crippen molar-refractivity contribution in [3.05, 3.63) is 54.1 Å². The first-order chi connectivity index (χ1) is 14.0. The zero-order chi connectivity index (χ0) is 20.4. The van der Waals surface area contributed by atoms with Gasteiger partial charge in [0.15, 0.2) is 0 Å². The highest BCUT2D eigenvalue weighted by atomic mass is 16.2. The van der Waals surface area contributed by atoms with E-state index in [4.69, 9.17) is 0 Å². The lowest BCUT2D eigenvalue weighted by atomic mass is 10.1. The molecule has 0 aromatic heterocycles.